The number of hydrogen-bond acceptors (Lipinski definition) is 2. The second kappa shape index (κ2) is 5.48. The summed E-state index contributed by atoms with van der Waals surface area (Å²) in [6.07, 6.45) is 5.22. The van der Waals surface area contributed by atoms with Crippen LogP contribution in [0.3, 0.4) is 0 Å². The molecule has 4 heteroatoms. The fourth-order valence-corrected chi connectivity index (χ4v) is 3.35. The standard InChI is InChI=1S/C17H19FN2O/c18-15-7-3-2-6-12(15)13-10-14(13)16(21)20-17(11-19)8-4-1-5-9-17/h2-3,6-7,13-14H,1,4-5,8-10H2,(H,20,21). The molecule has 2 aliphatic rings. The van der Waals surface area contributed by atoms with Crippen molar-refractivity contribution in [3.63, 3.8) is 0 Å². The van der Waals surface area contributed by atoms with E-state index in [2.05, 4.69) is 11.4 Å². The lowest BCUT2D eigenvalue weighted by Crippen LogP contribution is -2.49. The Hall–Kier alpha value is -1.89. The molecule has 2 saturated carbocycles. The molecule has 3 nitrogen and oxygen atoms in total. The fraction of sp³-hybridized carbons (Fsp3) is 0.529. The van der Waals surface area contributed by atoms with Gasteiger partial charge in [0.15, 0.2) is 0 Å². The number of carbonyl (C=O) groups excluding carboxylic acids is 1. The maximum atomic E-state index is 13.7. The largest absolute Gasteiger partial charge is 0.338 e. The van der Waals surface area contributed by atoms with Crippen LogP contribution < -0.4 is 5.32 Å². The van der Waals surface area contributed by atoms with Crippen LogP contribution in [-0.4, -0.2) is 11.4 Å². The zero-order chi connectivity index (χ0) is 14.9. The topological polar surface area (TPSA) is 52.9 Å². The molecule has 1 aromatic rings. The number of amides is 1. The number of nitrogens with one attached hydrogen (secondary N) is 1. The molecule has 2 aliphatic carbocycles. The van der Waals surface area contributed by atoms with E-state index in [1.807, 2.05) is 0 Å². The Labute approximate surface area is 124 Å². The number of nitriles is 1. The molecule has 1 aromatic carbocycles. The van der Waals surface area contributed by atoms with Gasteiger partial charge < -0.3 is 5.32 Å². The van der Waals surface area contributed by atoms with Gasteiger partial charge in [-0.05, 0) is 36.8 Å². The zero-order valence-electron chi connectivity index (χ0n) is 11.9. The summed E-state index contributed by atoms with van der Waals surface area (Å²) in [5, 5.41) is 12.3. The van der Waals surface area contributed by atoms with Crippen LogP contribution in [0.15, 0.2) is 24.3 Å². The van der Waals surface area contributed by atoms with E-state index in [1.54, 1.807) is 18.2 Å². The molecule has 110 valence electrons. The minimum Gasteiger partial charge on any atom is -0.338 e. The van der Waals surface area contributed by atoms with Crippen molar-refractivity contribution in [2.45, 2.75) is 50.0 Å². The van der Waals surface area contributed by atoms with E-state index in [-0.39, 0.29) is 23.6 Å². The number of halogens is 1. The molecule has 0 bridgehead atoms. The molecule has 0 saturated heterocycles. The third kappa shape index (κ3) is 2.78. The van der Waals surface area contributed by atoms with Crippen molar-refractivity contribution in [2.24, 2.45) is 5.92 Å². The van der Waals surface area contributed by atoms with Crippen molar-refractivity contribution in [3.8, 4) is 6.07 Å². The van der Waals surface area contributed by atoms with Gasteiger partial charge in [-0.3, -0.25) is 4.79 Å². The van der Waals surface area contributed by atoms with Crippen molar-refractivity contribution in [2.75, 3.05) is 0 Å². The van der Waals surface area contributed by atoms with E-state index in [4.69, 9.17) is 0 Å². The molecule has 2 atom stereocenters. The summed E-state index contributed by atoms with van der Waals surface area (Å²) in [7, 11) is 0. The highest BCUT2D eigenvalue weighted by Crippen LogP contribution is 2.48. The molecule has 0 aromatic heterocycles. The highest BCUT2D eigenvalue weighted by atomic mass is 19.1. The first-order valence-electron chi connectivity index (χ1n) is 7.63. The van der Waals surface area contributed by atoms with Crippen LogP contribution in [0.2, 0.25) is 0 Å². The molecule has 2 fully saturated rings. The van der Waals surface area contributed by atoms with Gasteiger partial charge in [-0.15, -0.1) is 0 Å². The summed E-state index contributed by atoms with van der Waals surface area (Å²) >= 11 is 0. The van der Waals surface area contributed by atoms with E-state index in [0.29, 0.717) is 12.0 Å². The Morgan fingerprint density at radius 1 is 1.29 bits per heavy atom. The van der Waals surface area contributed by atoms with E-state index in [0.717, 1.165) is 32.1 Å². The Morgan fingerprint density at radius 3 is 2.67 bits per heavy atom. The lowest BCUT2D eigenvalue weighted by Gasteiger charge is -2.31. The number of benzene rings is 1. The summed E-state index contributed by atoms with van der Waals surface area (Å²) in [5.74, 6) is -0.559. The molecule has 0 spiro atoms. The third-order valence-corrected chi connectivity index (χ3v) is 4.72. The smallest absolute Gasteiger partial charge is 0.224 e. The molecule has 0 radical (unpaired) electrons. The van der Waals surface area contributed by atoms with Gasteiger partial charge in [0.2, 0.25) is 5.91 Å². The summed E-state index contributed by atoms with van der Waals surface area (Å²) in [6.45, 7) is 0. The Bertz CT molecular complexity index is 587. The van der Waals surface area contributed by atoms with Crippen LogP contribution in [-0.2, 0) is 4.79 Å². The molecule has 3 rings (SSSR count). The van der Waals surface area contributed by atoms with Gasteiger partial charge in [-0.1, -0.05) is 37.5 Å². The predicted molar refractivity (Wildman–Crippen MR) is 76.8 cm³/mol. The number of rotatable bonds is 3. The van der Waals surface area contributed by atoms with Gasteiger partial charge >= 0.3 is 0 Å². The molecular weight excluding hydrogens is 267 g/mol. The van der Waals surface area contributed by atoms with Crippen LogP contribution in [0, 0.1) is 23.1 Å². The Balaban J connectivity index is 1.66. The zero-order valence-corrected chi connectivity index (χ0v) is 11.9. The van der Waals surface area contributed by atoms with Crippen molar-refractivity contribution < 1.29 is 9.18 Å². The highest BCUT2D eigenvalue weighted by molar-refractivity contribution is 5.84. The summed E-state index contributed by atoms with van der Waals surface area (Å²) in [4.78, 5) is 12.3. The maximum absolute atomic E-state index is 13.7. The van der Waals surface area contributed by atoms with Gasteiger partial charge in [0.1, 0.15) is 11.4 Å². The second-order valence-electron chi connectivity index (χ2n) is 6.21. The maximum Gasteiger partial charge on any atom is 0.224 e. The lowest BCUT2D eigenvalue weighted by molar-refractivity contribution is -0.124. The fourth-order valence-electron chi connectivity index (χ4n) is 3.35. The SMILES string of the molecule is N#CC1(NC(=O)C2CC2c2ccccc2F)CCCCC1. The van der Waals surface area contributed by atoms with Gasteiger partial charge in [0.05, 0.1) is 6.07 Å². The van der Waals surface area contributed by atoms with Crippen LogP contribution in [0.4, 0.5) is 4.39 Å². The van der Waals surface area contributed by atoms with E-state index < -0.39 is 5.54 Å². The summed E-state index contributed by atoms with van der Waals surface area (Å²) in [6, 6.07) is 8.92. The van der Waals surface area contributed by atoms with Crippen LogP contribution >= 0.6 is 0 Å². The average molecular weight is 286 g/mol. The van der Waals surface area contributed by atoms with Crippen LogP contribution in [0.1, 0.15) is 50.0 Å². The van der Waals surface area contributed by atoms with Gasteiger partial charge in [0, 0.05) is 5.92 Å². The van der Waals surface area contributed by atoms with Crippen LogP contribution in [0.5, 0.6) is 0 Å². The minimum absolute atomic E-state index is 0.0365. The third-order valence-electron chi connectivity index (χ3n) is 4.72. The lowest BCUT2D eigenvalue weighted by atomic mass is 9.82. The Kier molecular flexibility index (Phi) is 3.67. The van der Waals surface area contributed by atoms with Gasteiger partial charge in [-0.2, -0.15) is 5.26 Å². The molecule has 0 heterocycles. The van der Waals surface area contributed by atoms with Gasteiger partial charge in [-0.25, -0.2) is 4.39 Å². The first-order valence-corrected chi connectivity index (χ1v) is 7.63. The Morgan fingerprint density at radius 2 is 2.00 bits per heavy atom. The molecule has 21 heavy (non-hydrogen) atoms. The van der Waals surface area contributed by atoms with Crippen molar-refractivity contribution >= 4 is 5.91 Å². The van der Waals surface area contributed by atoms with E-state index in [1.165, 1.54) is 6.07 Å². The summed E-state index contributed by atoms with van der Waals surface area (Å²) in [5.41, 5.74) is -0.0788. The first kappa shape index (κ1) is 14.1. The molecule has 1 N–H and O–H groups in total. The molecular formula is C17H19FN2O. The van der Waals surface area contributed by atoms with E-state index in [9.17, 15) is 14.4 Å². The van der Waals surface area contributed by atoms with Gasteiger partial charge in [0.25, 0.3) is 0 Å². The quantitative estimate of drug-likeness (QED) is 0.927. The second-order valence-corrected chi connectivity index (χ2v) is 6.21. The average Bonchev–Trinajstić information content (AvgIpc) is 3.29. The summed E-state index contributed by atoms with van der Waals surface area (Å²) < 4.78 is 13.7. The van der Waals surface area contributed by atoms with Crippen molar-refractivity contribution in [1.29, 1.82) is 5.26 Å². The minimum atomic E-state index is -0.697. The number of nitrogens with zero attached hydrogens (tertiary/aromatic N) is 1. The molecule has 2 unspecified atom stereocenters. The normalized spacial score (nSPS) is 26.7. The molecule has 1 amide bonds. The monoisotopic (exact) mass is 286 g/mol. The van der Waals surface area contributed by atoms with E-state index >= 15 is 0 Å². The number of carbonyl (C=O) groups is 1. The number of hydrogen-bond donors (Lipinski definition) is 1. The highest BCUT2D eigenvalue weighted by Gasteiger charge is 2.47. The first-order chi connectivity index (χ1) is 10.2. The van der Waals surface area contributed by atoms with Crippen molar-refractivity contribution in [3.05, 3.63) is 35.6 Å². The predicted octanol–water partition coefficient (Wildman–Crippen LogP) is 3.27. The van der Waals surface area contributed by atoms with Crippen LogP contribution in [0.25, 0.3) is 0 Å². The van der Waals surface area contributed by atoms with Crippen molar-refractivity contribution in [1.82, 2.24) is 5.32 Å². The molecule has 0 aliphatic heterocycles.